The zero-order chi connectivity index (χ0) is 21.1. The van der Waals surface area contributed by atoms with E-state index in [9.17, 15) is 9.59 Å². The van der Waals surface area contributed by atoms with Gasteiger partial charge in [-0.3, -0.25) is 4.79 Å². The Morgan fingerprint density at radius 3 is 2.72 bits per heavy atom. The van der Waals surface area contributed by atoms with Crippen LogP contribution in [-0.2, 0) is 0 Å². The second kappa shape index (κ2) is 8.60. The van der Waals surface area contributed by atoms with E-state index >= 15 is 0 Å². The van der Waals surface area contributed by atoms with Crippen molar-refractivity contribution in [1.82, 2.24) is 24.6 Å². The van der Waals surface area contributed by atoms with Crippen LogP contribution in [0.2, 0.25) is 0 Å². The Morgan fingerprint density at radius 2 is 2.10 bits per heavy atom. The van der Waals surface area contributed by atoms with Gasteiger partial charge in [0.25, 0.3) is 5.91 Å². The zero-order valence-corrected chi connectivity index (χ0v) is 17.8. The van der Waals surface area contributed by atoms with Gasteiger partial charge in [0.2, 0.25) is 0 Å². The zero-order valence-electron chi connectivity index (χ0n) is 17.0. The minimum absolute atomic E-state index is 0.000674. The summed E-state index contributed by atoms with van der Waals surface area (Å²) in [6.45, 7) is 4.59. The number of primary amides is 1. The summed E-state index contributed by atoms with van der Waals surface area (Å²) >= 11 is 1.27. The van der Waals surface area contributed by atoms with Gasteiger partial charge in [0.1, 0.15) is 10.8 Å². The number of nitrogens with one attached hydrogen (secondary N) is 2. The number of piperidine rings is 1. The molecule has 0 aliphatic carbocycles. The number of carbonyl (C=O) groups excluding carboxylic acids is 2. The van der Waals surface area contributed by atoms with Crippen molar-refractivity contribution >= 4 is 40.1 Å². The monoisotopic (exact) mass is 418 g/mol. The molecule has 0 spiro atoms. The minimum Gasteiger partial charge on any atom is -0.364 e. The van der Waals surface area contributed by atoms with E-state index in [1.54, 1.807) is 20.3 Å². The molecule has 1 fully saturated rings. The number of nitrogens with zero attached hydrogens (tertiary/aromatic N) is 5. The fourth-order valence-electron chi connectivity index (χ4n) is 3.17. The first-order valence-corrected chi connectivity index (χ1v) is 10.1. The normalized spacial score (nSPS) is 19.0. The molecule has 4 N–H and O–H groups in total. The molecule has 2 atom stereocenters. The van der Waals surface area contributed by atoms with Crippen LogP contribution in [0.5, 0.6) is 0 Å². The van der Waals surface area contributed by atoms with Crippen molar-refractivity contribution < 1.29 is 9.59 Å². The summed E-state index contributed by atoms with van der Waals surface area (Å²) in [6.07, 6.45) is 3.33. The van der Waals surface area contributed by atoms with Gasteiger partial charge in [-0.1, -0.05) is 0 Å². The lowest BCUT2D eigenvalue weighted by molar-refractivity contribution is 0.0996. The number of aromatic nitrogens is 3. The number of nitrogens with two attached hydrogens (primary N) is 1. The van der Waals surface area contributed by atoms with E-state index < -0.39 is 5.91 Å². The van der Waals surface area contributed by atoms with Crippen LogP contribution in [-0.4, -0.2) is 63.9 Å². The predicted molar refractivity (Wildman–Crippen MR) is 113 cm³/mol. The van der Waals surface area contributed by atoms with Crippen LogP contribution >= 0.6 is 11.5 Å². The molecule has 0 unspecified atom stereocenters. The maximum Gasteiger partial charge on any atom is 0.317 e. The summed E-state index contributed by atoms with van der Waals surface area (Å²) in [4.78, 5) is 36.3. The lowest BCUT2D eigenvalue weighted by Crippen LogP contribution is -2.53. The number of hydrogen-bond donors (Lipinski definition) is 3. The standard InChI is InChI=1S/C18H26N8O2S/c1-10-7-14(29-24-10)23-17-15(16(19)27)20-8-13(22-17)26-9-12(6-5-11(26)2)21-18(28)25(3)4/h7-8,11-12H,5-6,9H2,1-4H3,(H2,19,27)(H,21,28)(H,22,23)/t11-,12-/m1/s1. The summed E-state index contributed by atoms with van der Waals surface area (Å²) in [7, 11) is 3.43. The highest BCUT2D eigenvalue weighted by Crippen LogP contribution is 2.27. The molecule has 156 valence electrons. The topological polar surface area (TPSA) is 129 Å². The van der Waals surface area contributed by atoms with Crippen LogP contribution in [0, 0.1) is 6.92 Å². The van der Waals surface area contributed by atoms with Crippen LogP contribution in [0.3, 0.4) is 0 Å². The third kappa shape index (κ3) is 4.91. The maximum atomic E-state index is 12.0. The van der Waals surface area contributed by atoms with Gasteiger partial charge in [0.15, 0.2) is 11.5 Å². The molecule has 3 heterocycles. The SMILES string of the molecule is Cc1cc(Nc2nc(N3C[C@H](NC(=O)N(C)C)CC[C@H]3C)cnc2C(N)=O)sn1. The van der Waals surface area contributed by atoms with Gasteiger partial charge in [-0.05, 0) is 44.3 Å². The first-order chi connectivity index (χ1) is 13.7. The average Bonchev–Trinajstić information content (AvgIpc) is 3.07. The summed E-state index contributed by atoms with van der Waals surface area (Å²) in [5, 5.41) is 6.88. The number of amides is 3. The molecule has 3 amide bonds. The van der Waals surface area contributed by atoms with Crippen LogP contribution in [0.4, 0.5) is 21.4 Å². The quantitative estimate of drug-likeness (QED) is 0.674. The molecule has 2 aromatic rings. The average molecular weight is 419 g/mol. The second-order valence-corrected chi connectivity index (χ2v) is 8.17. The van der Waals surface area contributed by atoms with Crippen molar-refractivity contribution in [2.75, 3.05) is 30.9 Å². The molecule has 11 heteroatoms. The molecule has 0 aromatic carbocycles. The van der Waals surface area contributed by atoms with Crippen molar-refractivity contribution in [2.45, 2.75) is 38.8 Å². The number of carbonyl (C=O) groups is 2. The van der Waals surface area contributed by atoms with Crippen LogP contribution in [0.25, 0.3) is 0 Å². The first-order valence-electron chi connectivity index (χ1n) is 9.36. The highest BCUT2D eigenvalue weighted by molar-refractivity contribution is 7.10. The molecule has 1 aliphatic rings. The van der Waals surface area contributed by atoms with E-state index in [-0.39, 0.29) is 23.8 Å². The number of rotatable bonds is 5. The Labute approximate surface area is 173 Å². The number of aryl methyl sites for hydroxylation is 1. The van der Waals surface area contributed by atoms with E-state index in [1.807, 2.05) is 13.0 Å². The Bertz CT molecular complexity index is 900. The molecule has 0 saturated carbocycles. The third-order valence-electron chi connectivity index (χ3n) is 4.77. The Hall–Kier alpha value is -2.95. The summed E-state index contributed by atoms with van der Waals surface area (Å²) in [5.41, 5.74) is 6.41. The molecular formula is C18H26N8O2S. The lowest BCUT2D eigenvalue weighted by Gasteiger charge is -2.39. The van der Waals surface area contributed by atoms with Gasteiger partial charge in [-0.2, -0.15) is 4.37 Å². The minimum atomic E-state index is -0.657. The summed E-state index contributed by atoms with van der Waals surface area (Å²) in [6, 6.07) is 1.96. The summed E-state index contributed by atoms with van der Waals surface area (Å²) in [5.74, 6) is 0.260. The fraction of sp³-hybridized carbons (Fsp3) is 0.500. The van der Waals surface area contributed by atoms with E-state index in [2.05, 4.69) is 36.8 Å². The number of urea groups is 1. The van der Waals surface area contributed by atoms with Gasteiger partial charge in [0, 0.05) is 32.7 Å². The smallest absolute Gasteiger partial charge is 0.317 e. The molecule has 1 aliphatic heterocycles. The van der Waals surface area contributed by atoms with Crippen LogP contribution in [0.1, 0.15) is 35.9 Å². The Balaban J connectivity index is 1.85. The van der Waals surface area contributed by atoms with E-state index in [4.69, 9.17) is 5.73 Å². The van der Waals surface area contributed by atoms with Crippen molar-refractivity contribution in [2.24, 2.45) is 5.73 Å². The van der Waals surface area contributed by atoms with Gasteiger partial charge in [-0.15, -0.1) is 0 Å². The maximum absolute atomic E-state index is 12.0. The molecule has 29 heavy (non-hydrogen) atoms. The largest absolute Gasteiger partial charge is 0.364 e. The van der Waals surface area contributed by atoms with Gasteiger partial charge >= 0.3 is 6.03 Å². The molecule has 10 nitrogen and oxygen atoms in total. The van der Waals surface area contributed by atoms with Crippen molar-refractivity contribution in [1.29, 1.82) is 0 Å². The molecular weight excluding hydrogens is 392 g/mol. The summed E-state index contributed by atoms with van der Waals surface area (Å²) < 4.78 is 4.22. The molecule has 0 radical (unpaired) electrons. The molecule has 0 bridgehead atoms. The highest BCUT2D eigenvalue weighted by atomic mass is 32.1. The molecule has 3 rings (SSSR count). The second-order valence-electron chi connectivity index (χ2n) is 7.37. The lowest BCUT2D eigenvalue weighted by atomic mass is 9.99. The fourth-order valence-corrected chi connectivity index (χ4v) is 3.83. The van der Waals surface area contributed by atoms with Crippen LogP contribution in [0.15, 0.2) is 12.3 Å². The van der Waals surface area contributed by atoms with E-state index in [0.717, 1.165) is 23.5 Å². The Kier molecular flexibility index (Phi) is 6.16. The molecule has 1 saturated heterocycles. The van der Waals surface area contributed by atoms with Crippen molar-refractivity contribution in [3.05, 3.63) is 23.7 Å². The number of anilines is 3. The van der Waals surface area contributed by atoms with Crippen molar-refractivity contribution in [3.63, 3.8) is 0 Å². The third-order valence-corrected chi connectivity index (χ3v) is 5.57. The van der Waals surface area contributed by atoms with E-state index in [0.29, 0.717) is 18.2 Å². The van der Waals surface area contributed by atoms with Gasteiger partial charge in [0.05, 0.1) is 11.9 Å². The van der Waals surface area contributed by atoms with Gasteiger partial charge in [-0.25, -0.2) is 14.8 Å². The molecule has 2 aromatic heterocycles. The first kappa shape index (κ1) is 20.8. The predicted octanol–water partition coefficient (Wildman–Crippen LogP) is 1.71. The Morgan fingerprint density at radius 1 is 1.34 bits per heavy atom. The number of hydrogen-bond acceptors (Lipinski definition) is 8. The van der Waals surface area contributed by atoms with E-state index in [1.165, 1.54) is 16.4 Å². The van der Waals surface area contributed by atoms with Crippen molar-refractivity contribution in [3.8, 4) is 0 Å². The van der Waals surface area contributed by atoms with Crippen LogP contribution < -0.4 is 21.3 Å². The highest BCUT2D eigenvalue weighted by Gasteiger charge is 2.29. The van der Waals surface area contributed by atoms with Gasteiger partial charge < -0.3 is 26.2 Å².